The minimum Gasteiger partial charge on any atom is -0.423 e. The van der Waals surface area contributed by atoms with Gasteiger partial charge >= 0.3 is 7.12 Å². The summed E-state index contributed by atoms with van der Waals surface area (Å²) in [6, 6.07) is 7.52. The van der Waals surface area contributed by atoms with Crippen LogP contribution in [0.1, 0.15) is 18.4 Å². The molecule has 0 aliphatic heterocycles. The first-order valence-electron chi connectivity index (χ1n) is 4.70. The zero-order valence-electron chi connectivity index (χ0n) is 7.48. The van der Waals surface area contributed by atoms with E-state index >= 15 is 0 Å². The summed E-state index contributed by atoms with van der Waals surface area (Å²) >= 11 is 0. The molecule has 1 saturated carbocycles. The average Bonchev–Trinajstić information content (AvgIpc) is 2.89. The van der Waals surface area contributed by atoms with E-state index in [4.69, 9.17) is 10.0 Å². The maximum absolute atomic E-state index is 8.86. The monoisotopic (exact) mass is 176 g/mol. The third kappa shape index (κ3) is 2.33. The van der Waals surface area contributed by atoms with Crippen molar-refractivity contribution in [1.29, 1.82) is 0 Å². The Morgan fingerprint density at radius 3 is 2.23 bits per heavy atom. The lowest BCUT2D eigenvalue weighted by Crippen LogP contribution is -2.29. The maximum Gasteiger partial charge on any atom is 0.488 e. The Balaban J connectivity index is 2.04. The van der Waals surface area contributed by atoms with Crippen LogP contribution in [-0.4, -0.2) is 17.2 Å². The van der Waals surface area contributed by atoms with Crippen molar-refractivity contribution in [2.24, 2.45) is 5.92 Å². The standard InChI is InChI=1S/C10H13BO2/c12-11(13)10-5-3-9(4-6-10)7-8-1-2-8/h3-6,8,12-13H,1-2,7H2. The average molecular weight is 176 g/mol. The van der Waals surface area contributed by atoms with Crippen molar-refractivity contribution in [2.75, 3.05) is 0 Å². The van der Waals surface area contributed by atoms with Crippen LogP contribution in [0, 0.1) is 5.92 Å². The van der Waals surface area contributed by atoms with Gasteiger partial charge in [0.15, 0.2) is 0 Å². The molecule has 0 amide bonds. The Bertz CT molecular complexity index is 277. The summed E-state index contributed by atoms with van der Waals surface area (Å²) in [5, 5.41) is 17.7. The highest BCUT2D eigenvalue weighted by molar-refractivity contribution is 6.58. The summed E-state index contributed by atoms with van der Waals surface area (Å²) in [5.74, 6) is 0.880. The van der Waals surface area contributed by atoms with Crippen molar-refractivity contribution in [1.82, 2.24) is 0 Å². The third-order valence-corrected chi connectivity index (χ3v) is 2.50. The van der Waals surface area contributed by atoms with Gasteiger partial charge in [-0.25, -0.2) is 0 Å². The van der Waals surface area contributed by atoms with Gasteiger partial charge in [0.05, 0.1) is 0 Å². The van der Waals surface area contributed by atoms with Gasteiger partial charge in [0.2, 0.25) is 0 Å². The first-order valence-corrected chi connectivity index (χ1v) is 4.70. The van der Waals surface area contributed by atoms with Crippen LogP contribution in [-0.2, 0) is 6.42 Å². The summed E-state index contributed by atoms with van der Waals surface area (Å²) in [6.07, 6.45) is 3.84. The lowest BCUT2D eigenvalue weighted by atomic mass is 9.80. The van der Waals surface area contributed by atoms with E-state index in [1.165, 1.54) is 18.4 Å². The van der Waals surface area contributed by atoms with Gasteiger partial charge in [-0.05, 0) is 36.2 Å². The maximum atomic E-state index is 8.86. The van der Waals surface area contributed by atoms with Crippen LogP contribution in [0.3, 0.4) is 0 Å². The summed E-state index contributed by atoms with van der Waals surface area (Å²) in [6.45, 7) is 0. The molecule has 0 bridgehead atoms. The first-order chi connectivity index (χ1) is 6.25. The molecule has 1 fully saturated rings. The zero-order valence-corrected chi connectivity index (χ0v) is 7.48. The third-order valence-electron chi connectivity index (χ3n) is 2.50. The van der Waals surface area contributed by atoms with Crippen molar-refractivity contribution in [3.8, 4) is 0 Å². The molecular weight excluding hydrogens is 163 g/mol. The van der Waals surface area contributed by atoms with Crippen molar-refractivity contribution in [3.63, 3.8) is 0 Å². The summed E-state index contributed by atoms with van der Waals surface area (Å²) in [7, 11) is -1.34. The molecule has 0 atom stereocenters. The zero-order chi connectivity index (χ0) is 9.26. The Kier molecular flexibility index (Phi) is 2.38. The van der Waals surface area contributed by atoms with Crippen molar-refractivity contribution >= 4 is 12.6 Å². The fourth-order valence-corrected chi connectivity index (χ4v) is 1.48. The molecule has 0 aromatic heterocycles. The number of hydrogen-bond donors (Lipinski definition) is 2. The molecule has 1 aliphatic carbocycles. The molecule has 0 heterocycles. The fourth-order valence-electron chi connectivity index (χ4n) is 1.48. The lowest BCUT2D eigenvalue weighted by Gasteiger charge is -2.01. The quantitative estimate of drug-likeness (QED) is 0.651. The summed E-state index contributed by atoms with van der Waals surface area (Å²) in [4.78, 5) is 0. The molecule has 2 rings (SSSR count). The fraction of sp³-hybridized carbons (Fsp3) is 0.400. The van der Waals surface area contributed by atoms with E-state index in [1.807, 2.05) is 12.1 Å². The van der Waals surface area contributed by atoms with Gasteiger partial charge in [0, 0.05) is 0 Å². The predicted molar refractivity (Wildman–Crippen MR) is 52.7 cm³/mol. The molecule has 13 heavy (non-hydrogen) atoms. The smallest absolute Gasteiger partial charge is 0.423 e. The van der Waals surface area contributed by atoms with Crippen LogP contribution in [0.5, 0.6) is 0 Å². The minimum atomic E-state index is -1.34. The molecule has 0 spiro atoms. The molecule has 68 valence electrons. The van der Waals surface area contributed by atoms with E-state index < -0.39 is 7.12 Å². The molecule has 3 heteroatoms. The second-order valence-electron chi connectivity index (χ2n) is 3.76. The molecule has 1 aromatic carbocycles. The molecule has 1 aromatic rings. The Morgan fingerprint density at radius 1 is 1.15 bits per heavy atom. The van der Waals surface area contributed by atoms with Gasteiger partial charge in [-0.2, -0.15) is 0 Å². The lowest BCUT2D eigenvalue weighted by molar-refractivity contribution is 0.426. The molecule has 0 radical (unpaired) electrons. The van der Waals surface area contributed by atoms with E-state index in [1.54, 1.807) is 12.1 Å². The molecule has 0 saturated heterocycles. The van der Waals surface area contributed by atoms with Crippen LogP contribution < -0.4 is 5.46 Å². The van der Waals surface area contributed by atoms with Crippen molar-refractivity contribution < 1.29 is 10.0 Å². The van der Waals surface area contributed by atoms with E-state index in [-0.39, 0.29) is 0 Å². The molecule has 1 aliphatic rings. The van der Waals surface area contributed by atoms with Crippen LogP contribution in [0.4, 0.5) is 0 Å². The van der Waals surface area contributed by atoms with Crippen LogP contribution in [0.2, 0.25) is 0 Å². The van der Waals surface area contributed by atoms with Gasteiger partial charge in [-0.3, -0.25) is 0 Å². The van der Waals surface area contributed by atoms with Gasteiger partial charge in [-0.1, -0.05) is 24.3 Å². The predicted octanol–water partition coefficient (Wildman–Crippen LogP) is 0.319. The Hall–Kier alpha value is -0.795. The molecular formula is C10H13BO2. The van der Waals surface area contributed by atoms with E-state index in [0.717, 1.165) is 12.3 Å². The van der Waals surface area contributed by atoms with Gasteiger partial charge in [-0.15, -0.1) is 0 Å². The Morgan fingerprint density at radius 2 is 1.77 bits per heavy atom. The van der Waals surface area contributed by atoms with E-state index in [0.29, 0.717) is 5.46 Å². The minimum absolute atomic E-state index is 0.569. The topological polar surface area (TPSA) is 40.5 Å². The largest absolute Gasteiger partial charge is 0.488 e. The summed E-state index contributed by atoms with van der Waals surface area (Å²) < 4.78 is 0. The van der Waals surface area contributed by atoms with E-state index in [2.05, 4.69) is 0 Å². The number of hydrogen-bond acceptors (Lipinski definition) is 2. The van der Waals surface area contributed by atoms with E-state index in [9.17, 15) is 0 Å². The summed E-state index contributed by atoms with van der Waals surface area (Å²) in [5.41, 5.74) is 1.87. The normalized spacial score (nSPS) is 15.8. The molecule has 2 N–H and O–H groups in total. The van der Waals surface area contributed by atoms with Crippen LogP contribution in [0.15, 0.2) is 24.3 Å². The highest BCUT2D eigenvalue weighted by Crippen LogP contribution is 2.32. The SMILES string of the molecule is OB(O)c1ccc(CC2CC2)cc1. The highest BCUT2D eigenvalue weighted by Gasteiger charge is 2.21. The molecule has 2 nitrogen and oxygen atoms in total. The van der Waals surface area contributed by atoms with Gasteiger partial charge < -0.3 is 10.0 Å². The second-order valence-corrected chi connectivity index (χ2v) is 3.76. The van der Waals surface area contributed by atoms with Crippen LogP contribution >= 0.6 is 0 Å². The second kappa shape index (κ2) is 3.52. The van der Waals surface area contributed by atoms with Crippen molar-refractivity contribution in [3.05, 3.63) is 29.8 Å². The van der Waals surface area contributed by atoms with Crippen LogP contribution in [0.25, 0.3) is 0 Å². The first kappa shape index (κ1) is 8.79. The van der Waals surface area contributed by atoms with Gasteiger partial charge in [0.1, 0.15) is 0 Å². The van der Waals surface area contributed by atoms with Gasteiger partial charge in [0.25, 0.3) is 0 Å². The number of benzene rings is 1. The Labute approximate surface area is 78.4 Å². The number of rotatable bonds is 3. The van der Waals surface area contributed by atoms with Crippen molar-refractivity contribution in [2.45, 2.75) is 19.3 Å². The molecule has 0 unspecified atom stereocenters. The highest BCUT2D eigenvalue weighted by atomic mass is 16.4.